The summed E-state index contributed by atoms with van der Waals surface area (Å²) in [6.07, 6.45) is 9.23. The van der Waals surface area contributed by atoms with E-state index in [4.69, 9.17) is 4.52 Å². The summed E-state index contributed by atoms with van der Waals surface area (Å²) in [5.41, 5.74) is 0.692. The molecule has 28 heavy (non-hydrogen) atoms. The predicted molar refractivity (Wildman–Crippen MR) is 111 cm³/mol. The van der Waals surface area contributed by atoms with E-state index in [1.807, 2.05) is 18.2 Å². The molecule has 1 fully saturated rings. The third-order valence-corrected chi connectivity index (χ3v) is 5.76. The highest BCUT2D eigenvalue weighted by molar-refractivity contribution is 5.79. The Bertz CT molecular complexity index is 738. The van der Waals surface area contributed by atoms with E-state index in [2.05, 4.69) is 44.6 Å². The van der Waals surface area contributed by atoms with E-state index in [-0.39, 0.29) is 0 Å². The van der Waals surface area contributed by atoms with Crippen LogP contribution < -0.4 is 10.6 Å². The molecule has 0 bridgehead atoms. The van der Waals surface area contributed by atoms with Crippen LogP contribution >= 0.6 is 0 Å². The molecule has 0 radical (unpaired) electrons. The van der Waals surface area contributed by atoms with Crippen LogP contribution in [0.25, 0.3) is 11.6 Å². The van der Waals surface area contributed by atoms with Crippen molar-refractivity contribution < 1.29 is 4.52 Å². The third kappa shape index (κ3) is 5.53. The number of hydrogen-bond donors (Lipinski definition) is 2. The van der Waals surface area contributed by atoms with Gasteiger partial charge < -0.3 is 15.2 Å². The van der Waals surface area contributed by atoms with E-state index in [0.717, 1.165) is 11.9 Å². The number of guanidine groups is 1. The first-order valence-electron chi connectivity index (χ1n) is 10.4. The van der Waals surface area contributed by atoms with E-state index in [1.54, 1.807) is 13.2 Å². The number of aromatic nitrogens is 3. The highest BCUT2D eigenvalue weighted by Gasteiger charge is 2.25. The molecule has 2 atom stereocenters. The van der Waals surface area contributed by atoms with Gasteiger partial charge in [0.05, 0.1) is 0 Å². The number of nitrogens with one attached hydrogen (secondary N) is 2. The van der Waals surface area contributed by atoms with Gasteiger partial charge in [0.2, 0.25) is 0 Å². The second-order valence-electron chi connectivity index (χ2n) is 7.67. The summed E-state index contributed by atoms with van der Waals surface area (Å²) in [7, 11) is 1.81. The van der Waals surface area contributed by atoms with Crippen LogP contribution in [0.5, 0.6) is 0 Å². The molecule has 2 heterocycles. The van der Waals surface area contributed by atoms with E-state index in [0.29, 0.717) is 42.3 Å². The van der Waals surface area contributed by atoms with Crippen molar-refractivity contribution in [3.8, 4) is 11.6 Å². The number of nitrogens with zero attached hydrogens (tertiary/aromatic N) is 4. The SMILES string of the molecule is CN=C(NCCc1noc(-c2ccccn2)n1)NC(C)C(C)C1CCCCC1. The first-order valence-corrected chi connectivity index (χ1v) is 10.4. The fourth-order valence-electron chi connectivity index (χ4n) is 3.85. The van der Waals surface area contributed by atoms with Crippen molar-refractivity contribution in [2.75, 3.05) is 13.6 Å². The average Bonchev–Trinajstić information content (AvgIpc) is 3.22. The molecule has 0 spiro atoms. The lowest BCUT2D eigenvalue weighted by atomic mass is 9.78. The van der Waals surface area contributed by atoms with Crippen molar-refractivity contribution in [2.45, 2.75) is 58.4 Å². The molecule has 2 aromatic rings. The van der Waals surface area contributed by atoms with Crippen molar-refractivity contribution >= 4 is 5.96 Å². The summed E-state index contributed by atoms with van der Waals surface area (Å²) in [6, 6.07) is 6.00. The Morgan fingerprint density at radius 1 is 1.25 bits per heavy atom. The van der Waals surface area contributed by atoms with Gasteiger partial charge in [0.15, 0.2) is 11.8 Å². The minimum atomic E-state index is 0.384. The number of pyridine rings is 1. The monoisotopic (exact) mass is 384 g/mol. The quantitative estimate of drug-likeness (QED) is 0.561. The van der Waals surface area contributed by atoms with Crippen molar-refractivity contribution in [2.24, 2.45) is 16.8 Å². The molecule has 3 rings (SSSR count). The Labute approximate surface area is 167 Å². The average molecular weight is 385 g/mol. The Hall–Kier alpha value is -2.44. The van der Waals surface area contributed by atoms with Gasteiger partial charge in [-0.25, -0.2) is 0 Å². The first-order chi connectivity index (χ1) is 13.7. The fraction of sp³-hybridized carbons (Fsp3) is 0.619. The molecule has 0 saturated heterocycles. The Balaban J connectivity index is 1.45. The second kappa shape index (κ2) is 10.2. The number of aliphatic imine (C=N–C) groups is 1. The maximum absolute atomic E-state index is 5.30. The van der Waals surface area contributed by atoms with Crippen LogP contribution in [0.2, 0.25) is 0 Å². The molecule has 2 unspecified atom stereocenters. The van der Waals surface area contributed by atoms with Crippen molar-refractivity contribution in [1.82, 2.24) is 25.8 Å². The molecule has 7 nitrogen and oxygen atoms in total. The van der Waals surface area contributed by atoms with Crippen molar-refractivity contribution in [3.63, 3.8) is 0 Å². The smallest absolute Gasteiger partial charge is 0.276 e. The lowest BCUT2D eigenvalue weighted by Gasteiger charge is -2.32. The van der Waals surface area contributed by atoms with Gasteiger partial charge in [-0.15, -0.1) is 0 Å². The van der Waals surface area contributed by atoms with Crippen LogP contribution in [0.4, 0.5) is 0 Å². The first kappa shape index (κ1) is 20.3. The molecule has 7 heteroatoms. The van der Waals surface area contributed by atoms with Gasteiger partial charge in [-0.05, 0) is 30.9 Å². The Morgan fingerprint density at radius 3 is 2.79 bits per heavy atom. The topological polar surface area (TPSA) is 88.2 Å². The standard InChI is InChI=1S/C21H32N6O/c1-15(17-9-5-4-6-10-17)16(2)25-21(22-3)24-14-12-19-26-20(28-27-19)18-11-7-8-13-23-18/h7-8,11,13,15-17H,4-6,9-10,12,14H2,1-3H3,(H2,22,24,25). The molecule has 0 aliphatic heterocycles. The normalized spacial score (nSPS) is 17.9. The van der Waals surface area contributed by atoms with Gasteiger partial charge in [0, 0.05) is 32.3 Å². The summed E-state index contributed by atoms with van der Waals surface area (Å²) in [6.45, 7) is 5.30. The summed E-state index contributed by atoms with van der Waals surface area (Å²) >= 11 is 0. The fourth-order valence-corrected chi connectivity index (χ4v) is 3.85. The second-order valence-corrected chi connectivity index (χ2v) is 7.67. The largest absolute Gasteiger partial charge is 0.356 e. The lowest BCUT2D eigenvalue weighted by molar-refractivity contribution is 0.229. The Morgan fingerprint density at radius 2 is 2.07 bits per heavy atom. The minimum Gasteiger partial charge on any atom is -0.356 e. The summed E-state index contributed by atoms with van der Waals surface area (Å²) in [5.74, 6) is 3.39. The minimum absolute atomic E-state index is 0.384. The molecule has 2 aromatic heterocycles. The molecule has 2 N–H and O–H groups in total. The van der Waals surface area contributed by atoms with Crippen LogP contribution in [0.3, 0.4) is 0 Å². The van der Waals surface area contributed by atoms with Crippen LogP contribution in [0.1, 0.15) is 51.8 Å². The molecule has 0 aromatic carbocycles. The molecule has 1 saturated carbocycles. The van der Waals surface area contributed by atoms with Gasteiger partial charge >= 0.3 is 0 Å². The zero-order valence-electron chi connectivity index (χ0n) is 17.2. The summed E-state index contributed by atoms with van der Waals surface area (Å²) in [5, 5.41) is 10.9. The summed E-state index contributed by atoms with van der Waals surface area (Å²) < 4.78 is 5.30. The third-order valence-electron chi connectivity index (χ3n) is 5.76. The summed E-state index contributed by atoms with van der Waals surface area (Å²) in [4.78, 5) is 13.0. The Kier molecular flexibility index (Phi) is 7.39. The van der Waals surface area contributed by atoms with E-state index in [1.165, 1.54) is 32.1 Å². The molecule has 152 valence electrons. The molecular weight excluding hydrogens is 352 g/mol. The van der Waals surface area contributed by atoms with Gasteiger partial charge in [-0.3, -0.25) is 9.98 Å². The van der Waals surface area contributed by atoms with E-state index in [9.17, 15) is 0 Å². The van der Waals surface area contributed by atoms with Gasteiger partial charge in [0.1, 0.15) is 5.69 Å². The van der Waals surface area contributed by atoms with Crippen molar-refractivity contribution in [1.29, 1.82) is 0 Å². The van der Waals surface area contributed by atoms with Crippen LogP contribution in [0, 0.1) is 11.8 Å². The molecular formula is C21H32N6O. The molecule has 0 amide bonds. The van der Waals surface area contributed by atoms with Gasteiger partial charge in [-0.2, -0.15) is 4.98 Å². The van der Waals surface area contributed by atoms with E-state index < -0.39 is 0 Å². The maximum Gasteiger partial charge on any atom is 0.276 e. The molecule has 1 aliphatic carbocycles. The van der Waals surface area contributed by atoms with Crippen LogP contribution in [-0.4, -0.2) is 40.7 Å². The lowest BCUT2D eigenvalue weighted by Crippen LogP contribution is -2.46. The predicted octanol–water partition coefficient (Wildman–Crippen LogP) is 3.44. The zero-order valence-corrected chi connectivity index (χ0v) is 17.2. The van der Waals surface area contributed by atoms with Crippen molar-refractivity contribution in [3.05, 3.63) is 30.2 Å². The number of hydrogen-bond acceptors (Lipinski definition) is 5. The van der Waals surface area contributed by atoms with Gasteiger partial charge in [0.25, 0.3) is 5.89 Å². The highest BCUT2D eigenvalue weighted by Crippen LogP contribution is 2.31. The van der Waals surface area contributed by atoms with Crippen LogP contribution in [0.15, 0.2) is 33.9 Å². The molecule has 1 aliphatic rings. The van der Waals surface area contributed by atoms with Gasteiger partial charge in [-0.1, -0.05) is 50.3 Å². The highest BCUT2D eigenvalue weighted by atomic mass is 16.5. The van der Waals surface area contributed by atoms with E-state index >= 15 is 0 Å². The zero-order chi connectivity index (χ0) is 19.8. The van der Waals surface area contributed by atoms with Crippen LogP contribution in [-0.2, 0) is 6.42 Å². The maximum atomic E-state index is 5.30. The number of rotatable bonds is 7.